The molecule has 3 rings (SSSR count). The van der Waals surface area contributed by atoms with Gasteiger partial charge in [-0.2, -0.15) is 0 Å². The summed E-state index contributed by atoms with van der Waals surface area (Å²) in [6.07, 6.45) is 2.92. The topological polar surface area (TPSA) is 58.2 Å². The van der Waals surface area contributed by atoms with Gasteiger partial charge in [-0.05, 0) is 55.5 Å². The second-order valence-electron chi connectivity index (χ2n) is 6.19. The van der Waals surface area contributed by atoms with Crippen LogP contribution in [-0.2, 0) is 17.8 Å². The summed E-state index contributed by atoms with van der Waals surface area (Å²) in [5.74, 6) is 0.232. The first-order chi connectivity index (χ1) is 11.6. The van der Waals surface area contributed by atoms with Crippen LogP contribution in [0.1, 0.15) is 45.4 Å². The molecule has 0 aliphatic heterocycles. The van der Waals surface area contributed by atoms with E-state index in [1.807, 2.05) is 37.3 Å². The fourth-order valence-electron chi connectivity index (χ4n) is 2.60. The number of benzene rings is 1. The molecule has 1 fully saturated rings. The zero-order chi connectivity index (χ0) is 17.1. The molecule has 1 aliphatic carbocycles. The fourth-order valence-corrected chi connectivity index (χ4v) is 3.63. The summed E-state index contributed by atoms with van der Waals surface area (Å²) < 4.78 is 0. The van der Waals surface area contributed by atoms with E-state index in [0.717, 1.165) is 35.4 Å². The molecule has 0 bridgehead atoms. The predicted molar refractivity (Wildman–Crippen MR) is 97.4 cm³/mol. The van der Waals surface area contributed by atoms with Gasteiger partial charge in [0.15, 0.2) is 0 Å². The van der Waals surface area contributed by atoms with Gasteiger partial charge in [0, 0.05) is 23.0 Å². The monoisotopic (exact) mass is 342 g/mol. The van der Waals surface area contributed by atoms with Gasteiger partial charge in [-0.25, -0.2) is 0 Å². The van der Waals surface area contributed by atoms with Crippen LogP contribution < -0.4 is 10.6 Å². The number of hydrogen-bond acceptors (Lipinski definition) is 3. The van der Waals surface area contributed by atoms with Gasteiger partial charge in [0.25, 0.3) is 5.91 Å². The predicted octanol–water partition coefficient (Wildman–Crippen LogP) is 3.90. The Morgan fingerprint density at radius 3 is 2.71 bits per heavy atom. The number of rotatable bonds is 6. The van der Waals surface area contributed by atoms with Crippen LogP contribution >= 0.6 is 11.3 Å². The molecule has 1 aromatic heterocycles. The lowest BCUT2D eigenvalue weighted by Gasteiger charge is -2.08. The Morgan fingerprint density at radius 2 is 2.04 bits per heavy atom. The second-order valence-corrected chi connectivity index (χ2v) is 7.45. The average Bonchev–Trinajstić information content (AvgIpc) is 3.36. The molecule has 1 saturated carbocycles. The summed E-state index contributed by atoms with van der Waals surface area (Å²) in [5.41, 5.74) is 3.00. The number of carbonyl (C=O) groups excluding carboxylic acids is 2. The van der Waals surface area contributed by atoms with E-state index < -0.39 is 0 Å². The van der Waals surface area contributed by atoms with Crippen molar-refractivity contribution in [2.24, 2.45) is 5.92 Å². The number of thiophene rings is 1. The highest BCUT2D eigenvalue weighted by Crippen LogP contribution is 2.30. The first-order valence-corrected chi connectivity index (χ1v) is 9.15. The molecule has 0 atom stereocenters. The maximum atomic E-state index is 12.3. The lowest BCUT2D eigenvalue weighted by molar-refractivity contribution is -0.117. The number of hydrogen-bond donors (Lipinski definition) is 2. The van der Waals surface area contributed by atoms with E-state index in [-0.39, 0.29) is 17.7 Å². The summed E-state index contributed by atoms with van der Waals surface area (Å²) >= 11 is 1.53. The van der Waals surface area contributed by atoms with Crippen molar-refractivity contribution in [2.75, 3.05) is 5.32 Å². The van der Waals surface area contributed by atoms with Crippen molar-refractivity contribution in [3.8, 4) is 0 Å². The van der Waals surface area contributed by atoms with Crippen molar-refractivity contribution >= 4 is 28.8 Å². The minimum absolute atomic E-state index is 0.0461. The molecule has 2 aromatic rings. The fraction of sp³-hybridized carbons (Fsp3) is 0.368. The summed E-state index contributed by atoms with van der Waals surface area (Å²) in [7, 11) is 0. The summed E-state index contributed by atoms with van der Waals surface area (Å²) in [5, 5.41) is 5.89. The molecular formula is C19H22N2O2S. The third-order valence-electron chi connectivity index (χ3n) is 4.22. The van der Waals surface area contributed by atoms with Gasteiger partial charge in [0.2, 0.25) is 5.91 Å². The quantitative estimate of drug-likeness (QED) is 0.836. The van der Waals surface area contributed by atoms with Crippen molar-refractivity contribution in [3.05, 3.63) is 51.2 Å². The van der Waals surface area contributed by atoms with Gasteiger partial charge in [-0.3, -0.25) is 9.59 Å². The molecule has 24 heavy (non-hydrogen) atoms. The first-order valence-electron chi connectivity index (χ1n) is 8.34. The van der Waals surface area contributed by atoms with E-state index in [1.54, 1.807) is 0 Å². The van der Waals surface area contributed by atoms with Gasteiger partial charge in [-0.1, -0.05) is 19.1 Å². The van der Waals surface area contributed by atoms with Crippen molar-refractivity contribution in [1.82, 2.24) is 5.32 Å². The standard InChI is InChI=1S/C19H22N2O2S/c1-3-14-10-17(24-12(14)2)19(23)20-11-13-5-4-6-16(9-13)21-18(22)15-7-8-15/h4-6,9-10,15H,3,7-8,11H2,1-2H3,(H,20,23)(H,21,22). The number of carbonyl (C=O) groups is 2. The van der Waals surface area contributed by atoms with Crippen molar-refractivity contribution in [3.63, 3.8) is 0 Å². The maximum absolute atomic E-state index is 12.3. The molecule has 0 unspecified atom stereocenters. The van der Waals surface area contributed by atoms with E-state index in [2.05, 4.69) is 17.6 Å². The molecule has 126 valence electrons. The van der Waals surface area contributed by atoms with Crippen LogP contribution in [0.4, 0.5) is 5.69 Å². The third-order valence-corrected chi connectivity index (χ3v) is 5.31. The molecule has 0 radical (unpaired) electrons. The molecule has 1 aliphatic rings. The lowest BCUT2D eigenvalue weighted by Crippen LogP contribution is -2.22. The summed E-state index contributed by atoms with van der Waals surface area (Å²) in [4.78, 5) is 26.1. The molecule has 2 amide bonds. The zero-order valence-corrected chi connectivity index (χ0v) is 14.8. The van der Waals surface area contributed by atoms with Crippen molar-refractivity contribution in [2.45, 2.75) is 39.7 Å². The Morgan fingerprint density at radius 1 is 1.25 bits per heavy atom. The van der Waals surface area contributed by atoms with Crippen LogP contribution in [0, 0.1) is 12.8 Å². The lowest BCUT2D eigenvalue weighted by atomic mass is 10.2. The summed E-state index contributed by atoms with van der Waals surface area (Å²) in [6, 6.07) is 9.61. The highest BCUT2D eigenvalue weighted by Gasteiger charge is 2.29. The van der Waals surface area contributed by atoms with Gasteiger partial charge < -0.3 is 10.6 Å². The molecule has 0 spiro atoms. The normalized spacial score (nSPS) is 13.6. The van der Waals surface area contributed by atoms with E-state index >= 15 is 0 Å². The van der Waals surface area contributed by atoms with Gasteiger partial charge >= 0.3 is 0 Å². The largest absolute Gasteiger partial charge is 0.347 e. The van der Waals surface area contributed by atoms with Gasteiger partial charge in [0.1, 0.15) is 0 Å². The number of nitrogens with one attached hydrogen (secondary N) is 2. The average molecular weight is 342 g/mol. The number of aryl methyl sites for hydroxylation is 2. The van der Waals surface area contributed by atoms with Gasteiger partial charge in [0.05, 0.1) is 4.88 Å². The first kappa shape index (κ1) is 16.7. The second kappa shape index (κ2) is 7.18. The summed E-state index contributed by atoms with van der Waals surface area (Å²) in [6.45, 7) is 4.59. The number of anilines is 1. The van der Waals surface area contributed by atoms with E-state index in [9.17, 15) is 9.59 Å². The molecule has 5 heteroatoms. The molecule has 2 N–H and O–H groups in total. The zero-order valence-electron chi connectivity index (χ0n) is 14.0. The molecule has 4 nitrogen and oxygen atoms in total. The van der Waals surface area contributed by atoms with Crippen LogP contribution in [-0.4, -0.2) is 11.8 Å². The minimum Gasteiger partial charge on any atom is -0.347 e. The van der Waals surface area contributed by atoms with E-state index in [4.69, 9.17) is 0 Å². The minimum atomic E-state index is -0.0461. The SMILES string of the molecule is CCc1cc(C(=O)NCc2cccc(NC(=O)C3CC3)c2)sc1C. The highest BCUT2D eigenvalue weighted by molar-refractivity contribution is 7.14. The van der Waals surface area contributed by atoms with Crippen molar-refractivity contribution < 1.29 is 9.59 Å². The van der Waals surface area contributed by atoms with Gasteiger partial charge in [-0.15, -0.1) is 11.3 Å². The Labute approximate surface area is 146 Å². The Hall–Kier alpha value is -2.14. The number of amides is 2. The molecule has 1 heterocycles. The molecule has 0 saturated heterocycles. The van der Waals surface area contributed by atoms with E-state index in [1.165, 1.54) is 21.8 Å². The molecular weight excluding hydrogens is 320 g/mol. The van der Waals surface area contributed by atoms with E-state index in [0.29, 0.717) is 6.54 Å². The smallest absolute Gasteiger partial charge is 0.261 e. The van der Waals surface area contributed by atoms with Crippen LogP contribution in [0.25, 0.3) is 0 Å². The van der Waals surface area contributed by atoms with Crippen LogP contribution in [0.5, 0.6) is 0 Å². The third kappa shape index (κ3) is 4.03. The Bertz CT molecular complexity index is 762. The highest BCUT2D eigenvalue weighted by atomic mass is 32.1. The van der Waals surface area contributed by atoms with Crippen LogP contribution in [0.3, 0.4) is 0 Å². The van der Waals surface area contributed by atoms with Crippen molar-refractivity contribution in [1.29, 1.82) is 0 Å². The van der Waals surface area contributed by atoms with Crippen LogP contribution in [0.2, 0.25) is 0 Å². The molecule has 1 aromatic carbocycles. The Balaban J connectivity index is 1.59. The Kier molecular flexibility index (Phi) is 5.00. The maximum Gasteiger partial charge on any atom is 0.261 e. The van der Waals surface area contributed by atoms with Crippen LogP contribution in [0.15, 0.2) is 30.3 Å².